The molecule has 30 heavy (non-hydrogen) atoms. The van der Waals surface area contributed by atoms with Crippen molar-refractivity contribution in [3.05, 3.63) is 35.4 Å². The van der Waals surface area contributed by atoms with E-state index in [-0.39, 0.29) is 0 Å². The third kappa shape index (κ3) is 8.62. The quantitative estimate of drug-likeness (QED) is 0.345. The highest BCUT2D eigenvalue weighted by atomic mass is 16.5. The average Bonchev–Trinajstić information content (AvgIpc) is 2.81. The molecule has 0 bridgehead atoms. The Labute approximate surface area is 181 Å². The van der Waals surface area contributed by atoms with E-state index in [0.717, 1.165) is 58.1 Å². The van der Waals surface area contributed by atoms with Crippen molar-refractivity contribution in [1.29, 1.82) is 0 Å². The molecule has 2 aliphatic rings. The van der Waals surface area contributed by atoms with E-state index in [4.69, 9.17) is 14.2 Å². The van der Waals surface area contributed by atoms with Crippen LogP contribution < -0.4 is 10.6 Å². The zero-order valence-electron chi connectivity index (χ0n) is 18.5. The van der Waals surface area contributed by atoms with E-state index in [1.165, 1.54) is 43.2 Å². The van der Waals surface area contributed by atoms with Gasteiger partial charge in [-0.1, -0.05) is 43.5 Å². The zero-order chi connectivity index (χ0) is 20.9. The fraction of sp³-hybridized carbons (Fsp3) is 0.708. The number of rotatable bonds is 10. The maximum atomic E-state index is 5.99. The van der Waals surface area contributed by atoms with Crippen molar-refractivity contribution < 1.29 is 14.2 Å². The first-order valence-corrected chi connectivity index (χ1v) is 11.7. The Bertz CT molecular complexity index is 609. The van der Waals surface area contributed by atoms with Crippen LogP contribution in [-0.2, 0) is 27.4 Å². The SMILES string of the molecule is CN=C(NCCCOC1CCCCC1)NCc1ccc(COC2CCOCC2)cc1. The molecule has 1 aromatic rings. The molecule has 1 saturated heterocycles. The summed E-state index contributed by atoms with van der Waals surface area (Å²) in [5.74, 6) is 0.833. The van der Waals surface area contributed by atoms with Crippen LogP contribution in [0.2, 0.25) is 0 Å². The van der Waals surface area contributed by atoms with Gasteiger partial charge in [0.1, 0.15) is 0 Å². The fourth-order valence-corrected chi connectivity index (χ4v) is 3.98. The van der Waals surface area contributed by atoms with E-state index < -0.39 is 0 Å². The molecule has 0 aromatic heterocycles. The third-order valence-corrected chi connectivity index (χ3v) is 5.88. The molecule has 3 rings (SSSR count). The van der Waals surface area contributed by atoms with Crippen LogP contribution in [0.25, 0.3) is 0 Å². The van der Waals surface area contributed by atoms with Crippen molar-refractivity contribution in [3.63, 3.8) is 0 Å². The van der Waals surface area contributed by atoms with E-state index >= 15 is 0 Å². The Kier molecular flexibility index (Phi) is 10.5. The molecule has 0 amide bonds. The first-order chi connectivity index (χ1) is 14.8. The molecule has 168 valence electrons. The number of hydrogen-bond acceptors (Lipinski definition) is 4. The summed E-state index contributed by atoms with van der Waals surface area (Å²) in [6.45, 7) is 4.75. The van der Waals surface area contributed by atoms with Crippen LogP contribution >= 0.6 is 0 Å². The number of hydrogen-bond donors (Lipinski definition) is 2. The number of nitrogens with zero attached hydrogens (tertiary/aromatic N) is 1. The molecular weight excluding hydrogens is 378 g/mol. The molecule has 0 spiro atoms. The Morgan fingerprint density at radius 2 is 1.63 bits per heavy atom. The smallest absolute Gasteiger partial charge is 0.191 e. The van der Waals surface area contributed by atoms with Crippen LogP contribution in [-0.4, -0.2) is 51.6 Å². The highest BCUT2D eigenvalue weighted by Crippen LogP contribution is 2.20. The molecule has 0 radical (unpaired) electrons. The summed E-state index contributed by atoms with van der Waals surface area (Å²) in [5, 5.41) is 6.76. The van der Waals surface area contributed by atoms with Crippen LogP contribution in [0.3, 0.4) is 0 Å². The van der Waals surface area contributed by atoms with Crippen molar-refractivity contribution in [2.24, 2.45) is 4.99 Å². The molecule has 1 aliphatic heterocycles. The zero-order valence-corrected chi connectivity index (χ0v) is 18.5. The molecule has 6 nitrogen and oxygen atoms in total. The number of guanidine groups is 1. The molecule has 6 heteroatoms. The van der Waals surface area contributed by atoms with Crippen LogP contribution in [0.4, 0.5) is 0 Å². The molecular formula is C24H39N3O3. The largest absolute Gasteiger partial charge is 0.381 e. The van der Waals surface area contributed by atoms with Crippen LogP contribution in [0.5, 0.6) is 0 Å². The molecule has 2 fully saturated rings. The third-order valence-electron chi connectivity index (χ3n) is 5.88. The normalized spacial score (nSPS) is 19.0. The molecule has 1 heterocycles. The highest BCUT2D eigenvalue weighted by Gasteiger charge is 2.14. The second-order valence-corrected chi connectivity index (χ2v) is 8.28. The van der Waals surface area contributed by atoms with Gasteiger partial charge in [0, 0.05) is 40.0 Å². The Morgan fingerprint density at radius 3 is 2.37 bits per heavy atom. The summed E-state index contributed by atoms with van der Waals surface area (Å²) in [4.78, 5) is 4.31. The van der Waals surface area contributed by atoms with Gasteiger partial charge in [-0.2, -0.15) is 0 Å². The fourth-order valence-electron chi connectivity index (χ4n) is 3.98. The molecule has 0 unspecified atom stereocenters. The predicted octanol–water partition coefficient (Wildman–Crippen LogP) is 3.79. The monoisotopic (exact) mass is 417 g/mol. The van der Waals surface area contributed by atoms with Gasteiger partial charge in [0.05, 0.1) is 18.8 Å². The summed E-state index contributed by atoms with van der Waals surface area (Å²) in [5.41, 5.74) is 2.44. The lowest BCUT2D eigenvalue weighted by Gasteiger charge is -2.22. The Balaban J connectivity index is 1.27. The van der Waals surface area contributed by atoms with Crippen LogP contribution in [0.1, 0.15) is 62.5 Å². The first kappa shape index (κ1) is 23.0. The molecule has 1 aliphatic carbocycles. The van der Waals surface area contributed by atoms with Gasteiger partial charge < -0.3 is 24.8 Å². The summed E-state index contributed by atoms with van der Waals surface area (Å²) in [6.07, 6.45) is 10.3. The minimum Gasteiger partial charge on any atom is -0.381 e. The second-order valence-electron chi connectivity index (χ2n) is 8.28. The van der Waals surface area contributed by atoms with E-state index in [1.54, 1.807) is 0 Å². The van der Waals surface area contributed by atoms with E-state index in [1.807, 2.05) is 7.05 Å². The van der Waals surface area contributed by atoms with Gasteiger partial charge in [0.2, 0.25) is 0 Å². The number of aliphatic imine (C=N–C) groups is 1. The maximum absolute atomic E-state index is 5.99. The Morgan fingerprint density at radius 1 is 0.933 bits per heavy atom. The van der Waals surface area contributed by atoms with E-state index in [2.05, 4.69) is 39.9 Å². The maximum Gasteiger partial charge on any atom is 0.191 e. The van der Waals surface area contributed by atoms with Crippen molar-refractivity contribution in [1.82, 2.24) is 10.6 Å². The average molecular weight is 418 g/mol. The summed E-state index contributed by atoms with van der Waals surface area (Å²) < 4.78 is 17.3. The van der Waals surface area contributed by atoms with Crippen molar-refractivity contribution in [2.75, 3.05) is 33.4 Å². The summed E-state index contributed by atoms with van der Waals surface area (Å²) in [6, 6.07) is 8.60. The van der Waals surface area contributed by atoms with Gasteiger partial charge in [-0.25, -0.2) is 0 Å². The molecule has 1 saturated carbocycles. The van der Waals surface area contributed by atoms with Crippen LogP contribution in [0, 0.1) is 0 Å². The van der Waals surface area contributed by atoms with Crippen LogP contribution in [0.15, 0.2) is 29.3 Å². The van der Waals surface area contributed by atoms with Crippen molar-refractivity contribution >= 4 is 5.96 Å². The van der Waals surface area contributed by atoms with Gasteiger partial charge in [0.25, 0.3) is 0 Å². The second kappa shape index (κ2) is 13.6. The lowest BCUT2D eigenvalue weighted by atomic mass is 9.98. The van der Waals surface area contributed by atoms with Gasteiger partial charge in [-0.05, 0) is 43.2 Å². The lowest BCUT2D eigenvalue weighted by Crippen LogP contribution is -2.37. The molecule has 0 atom stereocenters. The topological polar surface area (TPSA) is 64.1 Å². The van der Waals surface area contributed by atoms with Gasteiger partial charge in [-0.15, -0.1) is 0 Å². The summed E-state index contributed by atoms with van der Waals surface area (Å²) in [7, 11) is 1.81. The van der Waals surface area contributed by atoms with Crippen molar-refractivity contribution in [2.45, 2.75) is 76.7 Å². The van der Waals surface area contributed by atoms with Gasteiger partial charge >= 0.3 is 0 Å². The number of ether oxygens (including phenoxy) is 3. The van der Waals surface area contributed by atoms with Crippen molar-refractivity contribution in [3.8, 4) is 0 Å². The van der Waals surface area contributed by atoms with E-state index in [0.29, 0.717) is 18.8 Å². The number of nitrogens with one attached hydrogen (secondary N) is 2. The highest BCUT2D eigenvalue weighted by molar-refractivity contribution is 5.79. The van der Waals surface area contributed by atoms with Gasteiger partial charge in [0.15, 0.2) is 5.96 Å². The Hall–Kier alpha value is -1.63. The lowest BCUT2D eigenvalue weighted by molar-refractivity contribution is -0.0390. The van der Waals surface area contributed by atoms with Gasteiger partial charge in [-0.3, -0.25) is 4.99 Å². The summed E-state index contributed by atoms with van der Waals surface area (Å²) >= 11 is 0. The minimum atomic E-state index is 0.336. The number of benzene rings is 1. The van der Waals surface area contributed by atoms with E-state index in [9.17, 15) is 0 Å². The predicted molar refractivity (Wildman–Crippen MR) is 121 cm³/mol. The standard InChI is InChI=1S/C24H39N3O3/c1-25-24(26-14-5-15-29-22-6-3-2-4-7-22)27-18-20-8-10-21(11-9-20)19-30-23-12-16-28-17-13-23/h8-11,22-23H,2-7,12-19H2,1H3,(H2,25,26,27). The first-order valence-electron chi connectivity index (χ1n) is 11.7. The molecule has 1 aromatic carbocycles. The molecule has 2 N–H and O–H groups in total. The minimum absolute atomic E-state index is 0.336.